The summed E-state index contributed by atoms with van der Waals surface area (Å²) in [6.45, 7) is 3.83. The third-order valence-electron chi connectivity index (χ3n) is 7.01. The lowest BCUT2D eigenvalue weighted by Gasteiger charge is -2.55. The summed E-state index contributed by atoms with van der Waals surface area (Å²) in [4.78, 5) is 3.63. The van der Waals surface area contributed by atoms with Crippen molar-refractivity contribution in [3.63, 3.8) is 0 Å². The Labute approximate surface area is 186 Å². The standard InChI is InChI=1S/C23H27FN6O2/c1-14-13-25-30(28-14)16-6-7-17(19(31)11-16)18-8-9-21(27-26-18)32-20-12-15-5-4-10-23(2,22(20)24)29(15)3/h6-9,11,13,15,20,22,31H,4-5,10,12H2,1-3H3/t15-,20-,22-,23+/m1/s1. The Morgan fingerprint density at radius 3 is 2.75 bits per heavy atom. The van der Waals surface area contributed by atoms with E-state index in [-0.39, 0.29) is 5.75 Å². The Balaban J connectivity index is 1.33. The van der Waals surface area contributed by atoms with Gasteiger partial charge in [0.1, 0.15) is 11.9 Å². The fourth-order valence-corrected chi connectivity index (χ4v) is 4.99. The van der Waals surface area contributed by atoms with Crippen LogP contribution in [0.2, 0.25) is 0 Å². The lowest BCUT2D eigenvalue weighted by atomic mass is 9.73. The smallest absolute Gasteiger partial charge is 0.233 e. The molecule has 0 amide bonds. The number of aromatic hydroxyl groups is 1. The zero-order chi connectivity index (χ0) is 22.5. The number of halogens is 1. The van der Waals surface area contributed by atoms with Crippen molar-refractivity contribution in [1.82, 2.24) is 30.1 Å². The first-order valence-corrected chi connectivity index (χ1v) is 11.0. The minimum absolute atomic E-state index is 0.0420. The molecule has 0 spiro atoms. The van der Waals surface area contributed by atoms with Gasteiger partial charge < -0.3 is 9.84 Å². The molecule has 2 aliphatic rings. The van der Waals surface area contributed by atoms with E-state index >= 15 is 4.39 Å². The molecule has 2 fully saturated rings. The van der Waals surface area contributed by atoms with Gasteiger partial charge in [0, 0.05) is 30.2 Å². The molecular formula is C23H27FN6O2. The molecule has 2 saturated heterocycles. The molecule has 1 N–H and O–H groups in total. The number of nitrogens with zero attached hydrogens (tertiary/aromatic N) is 6. The van der Waals surface area contributed by atoms with Crippen molar-refractivity contribution >= 4 is 0 Å². The van der Waals surface area contributed by atoms with E-state index < -0.39 is 17.8 Å². The number of ether oxygens (including phenoxy) is 1. The first-order valence-electron chi connectivity index (χ1n) is 11.0. The van der Waals surface area contributed by atoms with Crippen molar-refractivity contribution in [2.24, 2.45) is 0 Å². The van der Waals surface area contributed by atoms with Crippen LogP contribution in [0.5, 0.6) is 11.6 Å². The second-order valence-corrected chi connectivity index (χ2v) is 9.04. The molecule has 9 heteroatoms. The van der Waals surface area contributed by atoms with E-state index in [0.717, 1.165) is 25.0 Å². The number of phenolic OH excluding ortho intramolecular Hbond substituents is 1. The molecule has 2 bridgehead atoms. The van der Waals surface area contributed by atoms with Crippen molar-refractivity contribution < 1.29 is 14.2 Å². The highest BCUT2D eigenvalue weighted by Crippen LogP contribution is 2.43. The number of hydrogen-bond donors (Lipinski definition) is 1. The normalized spacial score (nSPS) is 27.9. The molecule has 32 heavy (non-hydrogen) atoms. The average Bonchev–Trinajstić information content (AvgIpc) is 3.22. The van der Waals surface area contributed by atoms with E-state index in [2.05, 4.69) is 25.3 Å². The predicted molar refractivity (Wildman–Crippen MR) is 117 cm³/mol. The van der Waals surface area contributed by atoms with Gasteiger partial charge in [-0.3, -0.25) is 4.90 Å². The van der Waals surface area contributed by atoms with Gasteiger partial charge in [0.25, 0.3) is 0 Å². The summed E-state index contributed by atoms with van der Waals surface area (Å²) in [5.74, 6) is 0.334. The highest BCUT2D eigenvalue weighted by Gasteiger charge is 2.53. The van der Waals surface area contributed by atoms with Gasteiger partial charge in [-0.1, -0.05) is 0 Å². The van der Waals surface area contributed by atoms with Crippen LogP contribution in [-0.2, 0) is 0 Å². The molecule has 0 aliphatic carbocycles. The van der Waals surface area contributed by atoms with E-state index in [1.807, 2.05) is 20.9 Å². The van der Waals surface area contributed by atoms with Crippen LogP contribution in [0.15, 0.2) is 36.5 Å². The number of piperidine rings is 2. The lowest BCUT2D eigenvalue weighted by Crippen LogP contribution is -2.66. The summed E-state index contributed by atoms with van der Waals surface area (Å²) in [6, 6.07) is 8.83. The Hall–Kier alpha value is -3.07. The first-order chi connectivity index (χ1) is 15.3. The summed E-state index contributed by atoms with van der Waals surface area (Å²) < 4.78 is 21.3. The third-order valence-corrected chi connectivity index (χ3v) is 7.01. The van der Waals surface area contributed by atoms with Crippen LogP contribution in [0.1, 0.15) is 38.3 Å². The van der Waals surface area contributed by atoms with E-state index in [1.165, 1.54) is 4.80 Å². The highest BCUT2D eigenvalue weighted by atomic mass is 19.1. The van der Waals surface area contributed by atoms with Gasteiger partial charge in [-0.15, -0.1) is 10.2 Å². The predicted octanol–water partition coefficient (Wildman–Crippen LogP) is 3.47. The zero-order valence-corrected chi connectivity index (χ0v) is 18.4. The number of phenols is 1. The van der Waals surface area contributed by atoms with Gasteiger partial charge in [-0.2, -0.15) is 15.0 Å². The molecule has 0 radical (unpaired) electrons. The first kappa shape index (κ1) is 20.8. The number of aromatic nitrogens is 5. The second-order valence-electron chi connectivity index (χ2n) is 9.04. The summed E-state index contributed by atoms with van der Waals surface area (Å²) in [5.41, 5.74) is 1.95. The van der Waals surface area contributed by atoms with E-state index in [0.29, 0.717) is 35.3 Å². The SMILES string of the molecule is Cc1cnn(-c2ccc(-c3ccc(O[C@@H]4C[C@H]5CCC[C@@](C)([C@@H]4F)N5C)nn3)c(O)c2)n1. The molecule has 5 rings (SSSR count). The van der Waals surface area contributed by atoms with Crippen LogP contribution in [0.4, 0.5) is 4.39 Å². The second kappa shape index (κ2) is 7.81. The Morgan fingerprint density at radius 1 is 1.22 bits per heavy atom. The third kappa shape index (κ3) is 3.50. The van der Waals surface area contributed by atoms with Crippen molar-refractivity contribution in [2.75, 3.05) is 7.05 Å². The number of rotatable bonds is 4. The fraction of sp³-hybridized carbons (Fsp3) is 0.478. The number of benzene rings is 1. The maximum Gasteiger partial charge on any atom is 0.233 e. The van der Waals surface area contributed by atoms with E-state index in [1.54, 1.807) is 36.5 Å². The Morgan fingerprint density at radius 2 is 2.06 bits per heavy atom. The van der Waals surface area contributed by atoms with Crippen LogP contribution < -0.4 is 4.74 Å². The van der Waals surface area contributed by atoms with Crippen molar-refractivity contribution in [3.05, 3.63) is 42.2 Å². The molecular weight excluding hydrogens is 411 g/mol. The maximum absolute atomic E-state index is 15.4. The summed E-state index contributed by atoms with van der Waals surface area (Å²) in [7, 11) is 2.02. The average molecular weight is 439 g/mol. The summed E-state index contributed by atoms with van der Waals surface area (Å²) >= 11 is 0. The largest absolute Gasteiger partial charge is 0.507 e. The van der Waals surface area contributed by atoms with Crippen LogP contribution in [0.3, 0.4) is 0 Å². The van der Waals surface area contributed by atoms with Crippen LogP contribution >= 0.6 is 0 Å². The molecule has 2 aromatic heterocycles. The van der Waals surface area contributed by atoms with Gasteiger partial charge >= 0.3 is 0 Å². The van der Waals surface area contributed by atoms with Gasteiger partial charge in [0.05, 0.1) is 28.8 Å². The summed E-state index contributed by atoms with van der Waals surface area (Å²) in [5, 5.41) is 27.3. The van der Waals surface area contributed by atoms with Crippen molar-refractivity contribution in [3.8, 4) is 28.6 Å². The number of aryl methyl sites for hydroxylation is 1. The molecule has 168 valence electrons. The van der Waals surface area contributed by atoms with Gasteiger partial charge in [-0.25, -0.2) is 4.39 Å². The fourth-order valence-electron chi connectivity index (χ4n) is 4.99. The zero-order valence-electron chi connectivity index (χ0n) is 18.4. The van der Waals surface area contributed by atoms with E-state index in [4.69, 9.17) is 4.74 Å². The molecule has 8 nitrogen and oxygen atoms in total. The molecule has 1 aromatic carbocycles. The van der Waals surface area contributed by atoms with Crippen LogP contribution in [0.25, 0.3) is 16.9 Å². The van der Waals surface area contributed by atoms with E-state index in [9.17, 15) is 5.11 Å². The molecule has 4 heterocycles. The monoisotopic (exact) mass is 438 g/mol. The molecule has 0 unspecified atom stereocenters. The van der Waals surface area contributed by atoms with Crippen molar-refractivity contribution in [1.29, 1.82) is 0 Å². The minimum atomic E-state index is -1.10. The molecule has 2 aliphatic heterocycles. The summed E-state index contributed by atoms with van der Waals surface area (Å²) in [6.07, 6.45) is 3.59. The number of hydrogen-bond acceptors (Lipinski definition) is 7. The van der Waals surface area contributed by atoms with Crippen LogP contribution in [0, 0.1) is 6.92 Å². The Bertz CT molecular complexity index is 1120. The number of alkyl halides is 1. The highest BCUT2D eigenvalue weighted by molar-refractivity contribution is 5.68. The molecule has 0 saturated carbocycles. The van der Waals surface area contributed by atoms with Crippen molar-refractivity contribution in [2.45, 2.75) is 63.4 Å². The lowest BCUT2D eigenvalue weighted by molar-refractivity contribution is -0.115. The topological polar surface area (TPSA) is 89.2 Å². The van der Waals surface area contributed by atoms with Gasteiger partial charge in [0.2, 0.25) is 5.88 Å². The maximum atomic E-state index is 15.4. The number of fused-ring (bicyclic) bond motifs is 2. The van der Waals surface area contributed by atoms with Gasteiger partial charge in [-0.05, 0) is 58.4 Å². The van der Waals surface area contributed by atoms with Crippen LogP contribution in [-0.4, -0.2) is 66.1 Å². The molecule has 3 aromatic rings. The quantitative estimate of drug-likeness (QED) is 0.667. The molecule has 4 atom stereocenters. The Kier molecular flexibility index (Phi) is 5.08. The minimum Gasteiger partial charge on any atom is -0.507 e. The van der Waals surface area contributed by atoms with Gasteiger partial charge in [0.15, 0.2) is 6.17 Å².